The van der Waals surface area contributed by atoms with Crippen LogP contribution in [0.3, 0.4) is 0 Å². The maximum Gasteiger partial charge on any atom is 0.334 e. The molecule has 246 valence electrons. The molecule has 0 aromatic carbocycles. The molecule has 2 aliphatic rings. The molecular formula is C35H64O7. The van der Waals surface area contributed by atoms with Crippen LogP contribution in [0.15, 0.2) is 11.6 Å². The van der Waals surface area contributed by atoms with E-state index in [1.165, 1.54) is 70.6 Å². The average Bonchev–Trinajstić information content (AvgIpc) is 3.28. The van der Waals surface area contributed by atoms with Gasteiger partial charge in [0.05, 0.1) is 36.6 Å². The topological polar surface area (TPSA) is 116 Å². The van der Waals surface area contributed by atoms with Crippen LogP contribution in [0.5, 0.6) is 0 Å². The van der Waals surface area contributed by atoms with Gasteiger partial charge in [-0.2, -0.15) is 0 Å². The van der Waals surface area contributed by atoms with Crippen LogP contribution in [0.4, 0.5) is 0 Å². The first kappa shape index (κ1) is 37.2. The highest BCUT2D eigenvalue weighted by Crippen LogP contribution is 2.28. The molecular weight excluding hydrogens is 532 g/mol. The van der Waals surface area contributed by atoms with E-state index in [0.29, 0.717) is 50.5 Å². The first-order valence-corrected chi connectivity index (χ1v) is 17.6. The molecule has 0 saturated carbocycles. The van der Waals surface area contributed by atoms with Crippen LogP contribution in [-0.2, 0) is 14.3 Å². The lowest BCUT2D eigenvalue weighted by Gasteiger charge is -2.36. The predicted octanol–water partition coefficient (Wildman–Crippen LogP) is 7.06. The molecule has 4 N–H and O–H groups in total. The number of unbranched alkanes of at least 4 members (excludes halogenated alkanes) is 13. The zero-order valence-electron chi connectivity index (χ0n) is 26.9. The minimum Gasteiger partial charge on any atom is -0.455 e. The van der Waals surface area contributed by atoms with Gasteiger partial charge in [0.25, 0.3) is 0 Å². The van der Waals surface area contributed by atoms with Gasteiger partial charge in [0.15, 0.2) is 0 Å². The molecule has 2 aliphatic heterocycles. The number of rotatable bonds is 25. The third-order valence-electron chi connectivity index (χ3n) is 9.11. The number of ether oxygens (including phenoxy) is 2. The standard InChI is InChI=1S/C35H64O7/c1-3-4-5-6-7-8-9-10-11-12-13-17-20-33-32(39)23-24-34(42-33)31(38)22-21-29(36)18-15-14-16-19-30(37)26-28-25-27(2)41-35(28)40/h25,27,29-34,36-39H,3-24,26H2,1-2H3. The summed E-state index contributed by atoms with van der Waals surface area (Å²) in [5, 5.41) is 41.8. The number of hydrogen-bond acceptors (Lipinski definition) is 7. The fourth-order valence-electron chi connectivity index (χ4n) is 6.40. The number of carbonyl (C=O) groups excluding carboxylic acids is 1. The summed E-state index contributed by atoms with van der Waals surface area (Å²) in [5.41, 5.74) is 0.566. The molecule has 0 spiro atoms. The van der Waals surface area contributed by atoms with E-state index in [0.717, 1.165) is 32.1 Å². The lowest BCUT2D eigenvalue weighted by molar-refractivity contribution is -0.156. The van der Waals surface area contributed by atoms with Gasteiger partial charge >= 0.3 is 5.97 Å². The van der Waals surface area contributed by atoms with Crippen LogP contribution >= 0.6 is 0 Å². The van der Waals surface area contributed by atoms with Crippen molar-refractivity contribution in [3.8, 4) is 0 Å². The third-order valence-corrected chi connectivity index (χ3v) is 9.11. The third kappa shape index (κ3) is 16.2. The van der Waals surface area contributed by atoms with Gasteiger partial charge in [-0.1, -0.05) is 103 Å². The zero-order chi connectivity index (χ0) is 30.6. The number of cyclic esters (lactones) is 1. The monoisotopic (exact) mass is 596 g/mol. The number of aliphatic hydroxyl groups is 4. The minimum absolute atomic E-state index is 0.194. The Bertz CT molecular complexity index is 726. The highest BCUT2D eigenvalue weighted by atomic mass is 16.5. The van der Waals surface area contributed by atoms with E-state index in [9.17, 15) is 25.2 Å². The highest BCUT2D eigenvalue weighted by molar-refractivity contribution is 5.90. The molecule has 2 heterocycles. The SMILES string of the molecule is CCCCCCCCCCCCCCC1OC(C(O)CCC(O)CCCCCC(O)CC2=CC(C)OC2=O)CCC1O. The molecule has 1 saturated heterocycles. The fraction of sp³-hybridized carbons (Fsp3) is 0.914. The van der Waals surface area contributed by atoms with E-state index < -0.39 is 24.4 Å². The van der Waals surface area contributed by atoms with Crippen LogP contribution < -0.4 is 0 Å². The van der Waals surface area contributed by atoms with E-state index in [-0.39, 0.29) is 24.3 Å². The number of hydrogen-bond donors (Lipinski definition) is 4. The summed E-state index contributed by atoms with van der Waals surface area (Å²) >= 11 is 0. The van der Waals surface area contributed by atoms with Crippen LogP contribution in [0.25, 0.3) is 0 Å². The molecule has 0 bridgehead atoms. The Hall–Kier alpha value is -0.990. The highest BCUT2D eigenvalue weighted by Gasteiger charge is 2.33. The van der Waals surface area contributed by atoms with Crippen molar-refractivity contribution in [3.63, 3.8) is 0 Å². The molecule has 7 unspecified atom stereocenters. The van der Waals surface area contributed by atoms with Gasteiger partial charge in [-0.15, -0.1) is 0 Å². The molecule has 0 amide bonds. The number of esters is 1. The van der Waals surface area contributed by atoms with Crippen LogP contribution in [-0.4, -0.2) is 69.1 Å². The molecule has 7 nitrogen and oxygen atoms in total. The molecule has 2 rings (SSSR count). The quantitative estimate of drug-likeness (QED) is 0.0658. The van der Waals surface area contributed by atoms with Gasteiger partial charge in [0, 0.05) is 12.0 Å². The molecule has 0 aromatic heterocycles. The van der Waals surface area contributed by atoms with Gasteiger partial charge in [-0.05, 0) is 57.9 Å². The van der Waals surface area contributed by atoms with E-state index >= 15 is 0 Å². The van der Waals surface area contributed by atoms with Crippen molar-refractivity contribution in [2.75, 3.05) is 0 Å². The summed E-state index contributed by atoms with van der Waals surface area (Å²) < 4.78 is 11.2. The van der Waals surface area contributed by atoms with Gasteiger partial charge in [-0.3, -0.25) is 0 Å². The lowest BCUT2D eigenvalue weighted by atomic mass is 9.92. The van der Waals surface area contributed by atoms with Crippen LogP contribution in [0.1, 0.15) is 162 Å². The second-order valence-electron chi connectivity index (χ2n) is 13.1. The normalized spacial score (nSPS) is 24.8. The molecule has 0 aliphatic carbocycles. The van der Waals surface area contributed by atoms with Crippen molar-refractivity contribution in [1.82, 2.24) is 0 Å². The summed E-state index contributed by atoms with van der Waals surface area (Å²) in [7, 11) is 0. The van der Waals surface area contributed by atoms with E-state index in [1.54, 1.807) is 6.08 Å². The maximum absolute atomic E-state index is 11.7. The summed E-state index contributed by atoms with van der Waals surface area (Å²) in [5.74, 6) is -0.322. The number of aliphatic hydroxyl groups excluding tert-OH is 4. The number of carbonyl (C=O) groups is 1. The first-order valence-electron chi connectivity index (χ1n) is 17.6. The second kappa shape index (κ2) is 22.5. The zero-order valence-corrected chi connectivity index (χ0v) is 26.9. The molecule has 0 aromatic rings. The van der Waals surface area contributed by atoms with Crippen molar-refractivity contribution in [3.05, 3.63) is 11.6 Å². The van der Waals surface area contributed by atoms with E-state index in [4.69, 9.17) is 9.47 Å². The smallest absolute Gasteiger partial charge is 0.334 e. The summed E-state index contributed by atoms with van der Waals surface area (Å²) in [4.78, 5) is 11.7. The largest absolute Gasteiger partial charge is 0.455 e. The Morgan fingerprint density at radius 3 is 1.93 bits per heavy atom. The first-order chi connectivity index (χ1) is 20.3. The summed E-state index contributed by atoms with van der Waals surface area (Å²) in [6, 6.07) is 0. The molecule has 0 radical (unpaired) electrons. The molecule has 1 fully saturated rings. The van der Waals surface area contributed by atoms with Crippen LogP contribution in [0, 0.1) is 0 Å². The second-order valence-corrected chi connectivity index (χ2v) is 13.1. The van der Waals surface area contributed by atoms with E-state index in [1.807, 2.05) is 6.92 Å². The van der Waals surface area contributed by atoms with Gasteiger partial charge in [0.1, 0.15) is 6.10 Å². The molecule has 7 heteroatoms. The fourth-order valence-corrected chi connectivity index (χ4v) is 6.40. The summed E-state index contributed by atoms with van der Waals surface area (Å²) in [6.45, 7) is 4.07. The Labute approximate surface area is 256 Å². The minimum atomic E-state index is -0.619. The van der Waals surface area contributed by atoms with Crippen molar-refractivity contribution < 1.29 is 34.7 Å². The van der Waals surface area contributed by atoms with Crippen molar-refractivity contribution in [2.24, 2.45) is 0 Å². The van der Waals surface area contributed by atoms with Crippen molar-refractivity contribution >= 4 is 5.97 Å². The predicted molar refractivity (Wildman–Crippen MR) is 168 cm³/mol. The van der Waals surface area contributed by atoms with E-state index in [2.05, 4.69) is 6.92 Å². The van der Waals surface area contributed by atoms with Crippen LogP contribution in [0.2, 0.25) is 0 Å². The van der Waals surface area contributed by atoms with Gasteiger partial charge in [-0.25, -0.2) is 4.79 Å². The Morgan fingerprint density at radius 1 is 0.762 bits per heavy atom. The maximum atomic E-state index is 11.7. The summed E-state index contributed by atoms with van der Waals surface area (Å²) in [6.07, 6.45) is 22.1. The van der Waals surface area contributed by atoms with Crippen molar-refractivity contribution in [2.45, 2.75) is 204 Å². The van der Waals surface area contributed by atoms with Gasteiger partial charge in [0.2, 0.25) is 0 Å². The lowest BCUT2D eigenvalue weighted by Crippen LogP contribution is -2.44. The molecule has 7 atom stereocenters. The Kier molecular flexibility index (Phi) is 19.9. The Morgan fingerprint density at radius 2 is 1.33 bits per heavy atom. The van der Waals surface area contributed by atoms with Gasteiger partial charge < -0.3 is 29.9 Å². The Balaban J connectivity index is 1.47. The molecule has 42 heavy (non-hydrogen) atoms. The van der Waals surface area contributed by atoms with Crippen molar-refractivity contribution in [1.29, 1.82) is 0 Å². The average molecular weight is 597 g/mol.